The minimum Gasteiger partial charge on any atom is -0.481 e. The maximum atomic E-state index is 12.7. The van der Waals surface area contributed by atoms with Gasteiger partial charge in [-0.2, -0.15) is 5.10 Å². The number of nitrogens with one attached hydrogen (secondary N) is 1. The van der Waals surface area contributed by atoms with Gasteiger partial charge in [-0.3, -0.25) is 4.79 Å². The average molecular weight is 428 g/mol. The van der Waals surface area contributed by atoms with Gasteiger partial charge in [0.05, 0.1) is 12.6 Å². The highest BCUT2D eigenvalue weighted by Gasteiger charge is 2.22. The van der Waals surface area contributed by atoms with Crippen LogP contribution in [0.5, 0.6) is 5.88 Å². The number of anilines is 1. The van der Waals surface area contributed by atoms with Crippen LogP contribution in [0.25, 0.3) is 16.6 Å². The first-order valence-corrected chi connectivity index (χ1v) is 9.68. The number of halogens is 1. The zero-order chi connectivity index (χ0) is 20.5. The number of ether oxygens (including phenoxy) is 1. The Morgan fingerprint density at radius 1 is 1.21 bits per heavy atom. The topological polar surface area (TPSA) is 92.9 Å². The number of hydrogen-bond acceptors (Lipinski definition) is 5. The highest BCUT2D eigenvalue weighted by atomic mass is 35.5. The van der Waals surface area contributed by atoms with E-state index >= 15 is 0 Å². The molecule has 9 heteroatoms. The fourth-order valence-electron chi connectivity index (χ4n) is 2.93. The van der Waals surface area contributed by atoms with Crippen LogP contribution in [0.15, 0.2) is 53.9 Å². The molecular formula is C20H14ClN3O4S. The number of carboxylic acids is 1. The standard InChI is InChI=1S/C20H14ClN3O4S/c1-28-16-4-2-3-13-9-15(23-24(13)16)18(25)22-19-17(20(26)27)14(10-29-19)11-5-7-12(21)8-6-11/h2-10H,1H3,(H,22,25)(H,26,27). The molecule has 146 valence electrons. The van der Waals surface area contributed by atoms with Crippen molar-refractivity contribution in [1.82, 2.24) is 9.61 Å². The zero-order valence-electron chi connectivity index (χ0n) is 15.0. The molecule has 0 fully saturated rings. The molecule has 0 aliphatic heterocycles. The van der Waals surface area contributed by atoms with E-state index in [9.17, 15) is 14.7 Å². The molecule has 3 aromatic heterocycles. The smallest absolute Gasteiger partial charge is 0.339 e. The molecule has 0 unspecified atom stereocenters. The summed E-state index contributed by atoms with van der Waals surface area (Å²) in [6.45, 7) is 0. The van der Waals surface area contributed by atoms with E-state index in [1.165, 1.54) is 11.6 Å². The molecule has 1 aromatic carbocycles. The second-order valence-corrected chi connectivity index (χ2v) is 7.37. The summed E-state index contributed by atoms with van der Waals surface area (Å²) < 4.78 is 6.73. The number of hydrogen-bond donors (Lipinski definition) is 2. The van der Waals surface area contributed by atoms with Crippen molar-refractivity contribution in [3.8, 4) is 17.0 Å². The number of thiophene rings is 1. The number of pyridine rings is 1. The summed E-state index contributed by atoms with van der Waals surface area (Å²) in [5.74, 6) is -1.17. The predicted molar refractivity (Wildman–Crippen MR) is 111 cm³/mol. The summed E-state index contributed by atoms with van der Waals surface area (Å²) in [6, 6.07) is 13.7. The highest BCUT2D eigenvalue weighted by molar-refractivity contribution is 7.15. The molecule has 0 bridgehead atoms. The van der Waals surface area contributed by atoms with Crippen molar-refractivity contribution in [2.45, 2.75) is 0 Å². The number of carboxylic acid groups (broad SMARTS) is 1. The lowest BCUT2D eigenvalue weighted by molar-refractivity contribution is 0.0699. The summed E-state index contributed by atoms with van der Waals surface area (Å²) in [5.41, 5.74) is 2.05. The summed E-state index contributed by atoms with van der Waals surface area (Å²) in [5, 5.41) is 19.1. The molecular weight excluding hydrogens is 414 g/mol. The van der Waals surface area contributed by atoms with Crippen molar-refractivity contribution >= 4 is 45.3 Å². The molecule has 0 saturated heterocycles. The van der Waals surface area contributed by atoms with E-state index in [-0.39, 0.29) is 16.3 Å². The Kier molecular flexibility index (Phi) is 4.96. The third-order valence-electron chi connectivity index (χ3n) is 4.28. The van der Waals surface area contributed by atoms with E-state index in [2.05, 4.69) is 10.4 Å². The lowest BCUT2D eigenvalue weighted by Crippen LogP contribution is -2.14. The number of benzene rings is 1. The molecule has 4 aromatic rings. The Balaban J connectivity index is 1.68. The fraction of sp³-hybridized carbons (Fsp3) is 0.0500. The zero-order valence-corrected chi connectivity index (χ0v) is 16.6. The summed E-state index contributed by atoms with van der Waals surface area (Å²) in [7, 11) is 1.51. The Labute approximate surface area is 174 Å². The van der Waals surface area contributed by atoms with Gasteiger partial charge in [0, 0.05) is 22.0 Å². The normalized spacial score (nSPS) is 10.8. The third kappa shape index (κ3) is 3.55. The first kappa shape index (κ1) is 19.0. The lowest BCUT2D eigenvalue weighted by atomic mass is 10.0. The molecule has 3 heterocycles. The van der Waals surface area contributed by atoms with Gasteiger partial charge in [0.25, 0.3) is 5.91 Å². The van der Waals surface area contributed by atoms with Crippen molar-refractivity contribution in [3.63, 3.8) is 0 Å². The fourth-order valence-corrected chi connectivity index (χ4v) is 4.01. The van der Waals surface area contributed by atoms with Crippen LogP contribution in [0, 0.1) is 0 Å². The van der Waals surface area contributed by atoms with Gasteiger partial charge in [-0.25, -0.2) is 9.31 Å². The SMILES string of the molecule is COc1cccc2cc(C(=O)Nc3scc(-c4ccc(Cl)cc4)c3C(=O)O)nn12. The number of carbonyl (C=O) groups excluding carboxylic acids is 1. The maximum absolute atomic E-state index is 12.7. The van der Waals surface area contributed by atoms with Crippen molar-refractivity contribution in [2.75, 3.05) is 12.4 Å². The van der Waals surface area contributed by atoms with Gasteiger partial charge in [-0.15, -0.1) is 11.3 Å². The minimum absolute atomic E-state index is 0.0204. The Morgan fingerprint density at radius 3 is 2.66 bits per heavy atom. The van der Waals surface area contributed by atoms with E-state index in [1.807, 2.05) is 0 Å². The first-order chi connectivity index (χ1) is 14.0. The van der Waals surface area contributed by atoms with Gasteiger partial charge in [-0.05, 0) is 29.8 Å². The summed E-state index contributed by atoms with van der Waals surface area (Å²) >= 11 is 7.05. The van der Waals surface area contributed by atoms with Gasteiger partial charge in [0.15, 0.2) is 5.69 Å². The van der Waals surface area contributed by atoms with Crippen LogP contribution in [-0.4, -0.2) is 33.7 Å². The van der Waals surface area contributed by atoms with Crippen molar-refractivity contribution in [3.05, 3.63) is 70.2 Å². The number of amides is 1. The molecule has 0 aliphatic rings. The van der Waals surface area contributed by atoms with Crippen LogP contribution in [0.1, 0.15) is 20.8 Å². The molecule has 4 rings (SSSR count). The van der Waals surface area contributed by atoms with Crippen molar-refractivity contribution in [1.29, 1.82) is 0 Å². The molecule has 2 N–H and O–H groups in total. The Morgan fingerprint density at radius 2 is 1.97 bits per heavy atom. The van der Waals surface area contributed by atoms with Gasteiger partial charge in [0.1, 0.15) is 10.6 Å². The summed E-state index contributed by atoms with van der Waals surface area (Å²) in [6.07, 6.45) is 0. The largest absolute Gasteiger partial charge is 0.481 e. The van der Waals surface area contributed by atoms with E-state index in [1.54, 1.807) is 53.9 Å². The number of aromatic carboxylic acids is 1. The van der Waals surface area contributed by atoms with E-state index in [4.69, 9.17) is 16.3 Å². The highest BCUT2D eigenvalue weighted by Crippen LogP contribution is 2.36. The maximum Gasteiger partial charge on any atom is 0.339 e. The molecule has 0 spiro atoms. The van der Waals surface area contributed by atoms with Crippen LogP contribution in [0.2, 0.25) is 5.02 Å². The third-order valence-corrected chi connectivity index (χ3v) is 5.43. The first-order valence-electron chi connectivity index (χ1n) is 8.43. The van der Waals surface area contributed by atoms with Gasteiger partial charge >= 0.3 is 5.97 Å². The monoisotopic (exact) mass is 427 g/mol. The van der Waals surface area contributed by atoms with E-state index < -0.39 is 11.9 Å². The molecule has 1 amide bonds. The molecule has 0 atom stereocenters. The molecule has 7 nitrogen and oxygen atoms in total. The van der Waals surface area contributed by atoms with Crippen LogP contribution < -0.4 is 10.1 Å². The number of aromatic nitrogens is 2. The van der Waals surface area contributed by atoms with Crippen molar-refractivity contribution in [2.24, 2.45) is 0 Å². The minimum atomic E-state index is -1.14. The second kappa shape index (κ2) is 7.57. The van der Waals surface area contributed by atoms with Gasteiger partial charge < -0.3 is 15.2 Å². The molecule has 29 heavy (non-hydrogen) atoms. The lowest BCUT2D eigenvalue weighted by Gasteiger charge is -2.05. The van der Waals surface area contributed by atoms with Crippen LogP contribution >= 0.6 is 22.9 Å². The number of methoxy groups -OCH3 is 1. The summed E-state index contributed by atoms with van der Waals surface area (Å²) in [4.78, 5) is 24.6. The predicted octanol–water partition coefficient (Wildman–Crippen LogP) is 4.68. The quantitative estimate of drug-likeness (QED) is 0.482. The van der Waals surface area contributed by atoms with Gasteiger partial charge in [0.2, 0.25) is 5.88 Å². The van der Waals surface area contributed by atoms with E-state index in [0.29, 0.717) is 27.5 Å². The molecule has 0 radical (unpaired) electrons. The van der Waals surface area contributed by atoms with Gasteiger partial charge in [-0.1, -0.05) is 29.8 Å². The van der Waals surface area contributed by atoms with E-state index in [0.717, 1.165) is 11.3 Å². The molecule has 0 saturated carbocycles. The Bertz CT molecular complexity index is 1230. The number of carbonyl (C=O) groups is 2. The molecule has 0 aliphatic carbocycles. The van der Waals surface area contributed by atoms with Crippen LogP contribution in [0.4, 0.5) is 5.00 Å². The number of rotatable bonds is 5. The second-order valence-electron chi connectivity index (χ2n) is 6.05. The average Bonchev–Trinajstić information content (AvgIpc) is 3.32. The number of nitrogens with zero attached hydrogens (tertiary/aromatic N) is 2. The Hall–Kier alpha value is -3.36. The van der Waals surface area contributed by atoms with Crippen molar-refractivity contribution < 1.29 is 19.4 Å². The van der Waals surface area contributed by atoms with Crippen LogP contribution in [0.3, 0.4) is 0 Å². The van der Waals surface area contributed by atoms with Crippen LogP contribution in [-0.2, 0) is 0 Å². The number of fused-ring (bicyclic) bond motifs is 1.